The van der Waals surface area contributed by atoms with E-state index >= 15 is 0 Å². The van der Waals surface area contributed by atoms with Crippen LogP contribution in [0, 0.1) is 13.8 Å². The molecule has 20 heteroatoms. The van der Waals surface area contributed by atoms with Gasteiger partial charge in [0.05, 0.1) is 44.2 Å². The average molecular weight is 983 g/mol. The van der Waals surface area contributed by atoms with Gasteiger partial charge >= 0.3 is 17.3 Å². The fraction of sp³-hybridized carbons (Fsp3) is 0.174. The minimum Gasteiger partial charge on any atom is -0.477 e. The third kappa shape index (κ3) is 8.48. The summed E-state index contributed by atoms with van der Waals surface area (Å²) in [5.74, 6) is -2.63. The Morgan fingerprint density at radius 1 is 0.606 bits per heavy atom. The summed E-state index contributed by atoms with van der Waals surface area (Å²) in [7, 11) is -3.67. The molecule has 0 aliphatic rings. The lowest BCUT2D eigenvalue weighted by molar-refractivity contribution is 0.0686. The number of aromatic nitrogens is 6. The molecule has 0 radical (unpaired) electrons. The summed E-state index contributed by atoms with van der Waals surface area (Å²) < 4.78 is 29.4. The molecule has 0 atom stereocenters. The van der Waals surface area contributed by atoms with E-state index < -0.39 is 49.8 Å². The van der Waals surface area contributed by atoms with Gasteiger partial charge in [0.25, 0.3) is 11.1 Å². The molecule has 8 heterocycles. The van der Waals surface area contributed by atoms with Gasteiger partial charge in [0.15, 0.2) is 21.3 Å². The highest BCUT2D eigenvalue weighted by atomic mass is 32.2. The van der Waals surface area contributed by atoms with Gasteiger partial charge in [0.1, 0.15) is 11.4 Å². The Kier molecular flexibility index (Phi) is 13.1. The second-order valence-corrected chi connectivity index (χ2v) is 20.4. The number of nitrogens with one attached hydrogen (secondary N) is 2. The van der Waals surface area contributed by atoms with Crippen LogP contribution >= 0.6 is 45.3 Å². The monoisotopic (exact) mass is 982 g/mol. The maximum Gasteiger partial charge on any atom is 0.354 e. The number of thiophene rings is 4. The largest absolute Gasteiger partial charge is 0.477 e. The lowest BCUT2D eigenvalue weighted by Crippen LogP contribution is -2.34. The molecule has 0 amide bonds. The normalized spacial score (nSPS) is 11.4. The first-order valence-corrected chi connectivity index (χ1v) is 25.1. The van der Waals surface area contributed by atoms with Crippen molar-refractivity contribution < 1.29 is 23.1 Å². The van der Waals surface area contributed by atoms with E-state index in [1.54, 1.807) is 36.7 Å². The molecule has 10 aromatic rings. The smallest absolute Gasteiger partial charge is 0.354 e. The number of benzene rings is 2. The maximum absolute atomic E-state index is 13.5. The van der Waals surface area contributed by atoms with Crippen LogP contribution in [0.15, 0.2) is 111 Å². The van der Waals surface area contributed by atoms with Crippen LogP contribution < -0.4 is 22.5 Å². The van der Waals surface area contributed by atoms with Crippen LogP contribution in [0.1, 0.15) is 58.1 Å². The number of aromatic amines is 2. The van der Waals surface area contributed by atoms with Crippen molar-refractivity contribution in [3.63, 3.8) is 0 Å². The first-order chi connectivity index (χ1) is 30.6. The molecule has 8 aromatic heterocycles. The molecule has 0 aliphatic heterocycles. The highest BCUT2D eigenvalue weighted by molar-refractivity contribution is 7.91. The van der Waals surface area contributed by atoms with Crippen LogP contribution in [0.3, 0.4) is 0 Å². The summed E-state index contributed by atoms with van der Waals surface area (Å²) in [6.07, 6.45) is 0.983. The fourth-order valence-electron chi connectivity index (χ4n) is 7.91. The molecule has 340 valence electrons. The second-order valence-electron chi connectivity index (χ2n) is 15.2. The van der Waals surface area contributed by atoms with Gasteiger partial charge < -0.3 is 24.2 Å². The summed E-state index contributed by atoms with van der Waals surface area (Å²) in [6, 6.07) is 14.8. The quantitative estimate of drug-likeness (QED) is 0.112. The first kappa shape index (κ1) is 47.3. The number of hydrogen-bond donors (Lipinski definition) is 3. The van der Waals surface area contributed by atoms with Gasteiger partial charge in [0.2, 0.25) is 0 Å². The number of Topliss-reactive ketones (excluding diaryl/α,β-unsaturated/α-hetero) is 1. The van der Waals surface area contributed by atoms with Gasteiger partial charge in [-0.05, 0) is 82.9 Å². The van der Waals surface area contributed by atoms with Crippen LogP contribution in [0.2, 0.25) is 0 Å². The number of carbonyl (C=O) groups is 2. The van der Waals surface area contributed by atoms with Gasteiger partial charge in [0, 0.05) is 51.6 Å². The number of nitrogens with zero attached hydrogens (tertiary/aromatic N) is 4. The Balaban J connectivity index is 0.000000192. The first-order valence-electron chi connectivity index (χ1n) is 19.2. The van der Waals surface area contributed by atoms with E-state index in [0.29, 0.717) is 50.2 Å². The summed E-state index contributed by atoms with van der Waals surface area (Å²) in [4.78, 5) is 83.9. The van der Waals surface area contributed by atoms with Crippen molar-refractivity contribution >= 4 is 111 Å². The summed E-state index contributed by atoms with van der Waals surface area (Å²) >= 11 is 5.60. The van der Waals surface area contributed by atoms with Gasteiger partial charge in [-0.2, -0.15) is 22.7 Å². The van der Waals surface area contributed by atoms with Crippen LogP contribution in [-0.4, -0.2) is 65.5 Å². The molecule has 2 aromatic carbocycles. The second kappa shape index (κ2) is 18.3. The minimum absolute atomic E-state index is 0. The zero-order chi connectivity index (χ0) is 45.2. The Morgan fingerprint density at radius 3 is 1.45 bits per heavy atom. The number of sulfone groups is 1. The molecule has 0 bridgehead atoms. The van der Waals surface area contributed by atoms with E-state index in [1.165, 1.54) is 45.3 Å². The lowest BCUT2D eigenvalue weighted by Gasteiger charge is -2.11. The third-order valence-electron chi connectivity index (χ3n) is 10.6. The molecule has 0 unspecified atom stereocenters. The standard InChI is InChI=1S/C23H19N3O5S3.C21H15N3O4S2.2CH4/c1-13-3-4-18-15(7-13)20(26-22(28)16-10-33-11-17(16)24-23(26)29)21(19(27)12-34(2,30)31)25(18)8-14-5-6-32-9-14;1-11-2-3-16-13(6-11)17(18(20(26)27)23(16)7-12-4-5-29-8-12)24-19(25)14-9-30-10-15(14)22-21(24)28;;/h3-7,9-11H,8,12H2,1-2H3,(H,24,29);2-6,8-10H,7H2,1H3,(H,22,28)(H,26,27);2*1H4. The van der Waals surface area contributed by atoms with Crippen molar-refractivity contribution in [1.29, 1.82) is 0 Å². The number of carboxylic acids is 1. The Bertz CT molecular complexity index is 3860. The minimum atomic E-state index is -3.67. The average Bonchev–Trinajstić information content (AvgIpc) is 4.09. The lowest BCUT2D eigenvalue weighted by atomic mass is 10.1. The van der Waals surface area contributed by atoms with Crippen LogP contribution in [0.25, 0.3) is 55.0 Å². The number of carboxylic acid groups (broad SMARTS) is 1. The highest BCUT2D eigenvalue weighted by Crippen LogP contribution is 2.33. The number of fused-ring (bicyclic) bond motifs is 4. The van der Waals surface area contributed by atoms with Gasteiger partial charge in [-0.25, -0.2) is 31.9 Å². The predicted octanol–water partition coefficient (Wildman–Crippen LogP) is 8.42. The van der Waals surface area contributed by atoms with Gasteiger partial charge in [-0.1, -0.05) is 38.1 Å². The number of hydrogen-bond acceptors (Lipinski definition) is 12. The van der Waals surface area contributed by atoms with Crippen LogP contribution in [0.4, 0.5) is 0 Å². The SMILES string of the molecule is C.C.Cc1ccc2c(c1)c(-n1c(=O)[nH]c3cscc3c1=O)c(C(=O)CS(C)(=O)=O)n2Cc1ccsc1.Cc1ccc2c(c1)c(-n1c(=O)[nH]c3cscc3c1=O)c(C(=O)O)n2Cc1ccsc1. The van der Waals surface area contributed by atoms with E-state index in [9.17, 15) is 42.3 Å². The van der Waals surface area contributed by atoms with Gasteiger partial charge in [-0.3, -0.25) is 14.4 Å². The molecule has 0 fully saturated rings. The van der Waals surface area contributed by atoms with Crippen LogP contribution in [0.5, 0.6) is 0 Å². The molecule has 10 rings (SSSR count). The number of H-pyrrole nitrogens is 2. The third-order valence-corrected chi connectivity index (χ3v) is 14.4. The number of aromatic carboxylic acids is 1. The summed E-state index contributed by atoms with van der Waals surface area (Å²) in [5, 5.41) is 26.2. The fourth-order valence-corrected chi connectivity index (χ4v) is 11.4. The molecule has 15 nitrogen and oxygen atoms in total. The topological polar surface area (TPSA) is 208 Å². The number of ketones is 1. The molecule has 66 heavy (non-hydrogen) atoms. The Hall–Kier alpha value is -6.71. The summed E-state index contributed by atoms with van der Waals surface area (Å²) in [6.45, 7) is 4.35. The zero-order valence-corrected chi connectivity index (χ0v) is 38.0. The molecule has 3 N–H and O–H groups in total. The van der Waals surface area contributed by atoms with Crippen molar-refractivity contribution in [2.45, 2.75) is 41.8 Å². The Labute approximate surface area is 391 Å². The van der Waals surface area contributed by atoms with Crippen molar-refractivity contribution in [1.82, 2.24) is 28.2 Å². The van der Waals surface area contributed by atoms with Gasteiger partial charge in [-0.15, -0.1) is 22.7 Å². The highest BCUT2D eigenvalue weighted by Gasteiger charge is 2.30. The number of carbonyl (C=O) groups excluding carboxylic acids is 1. The molecule has 0 spiro atoms. The van der Waals surface area contributed by atoms with Crippen molar-refractivity contribution in [2.75, 3.05) is 12.0 Å². The van der Waals surface area contributed by atoms with E-state index in [0.717, 1.165) is 37.6 Å². The molecular formula is C46H42N6O9S5. The van der Waals surface area contributed by atoms with Crippen LogP contribution in [-0.2, 0) is 22.9 Å². The number of aryl methyl sites for hydroxylation is 2. The zero-order valence-electron chi connectivity index (χ0n) is 33.9. The van der Waals surface area contributed by atoms with E-state index in [2.05, 4.69) is 9.97 Å². The molecule has 0 aliphatic carbocycles. The maximum atomic E-state index is 13.5. The predicted molar refractivity (Wildman–Crippen MR) is 268 cm³/mol. The van der Waals surface area contributed by atoms with E-state index in [-0.39, 0.29) is 44.2 Å². The molecule has 0 saturated heterocycles. The van der Waals surface area contributed by atoms with E-state index in [1.807, 2.05) is 77.8 Å². The van der Waals surface area contributed by atoms with Crippen molar-refractivity contribution in [3.05, 3.63) is 167 Å². The van der Waals surface area contributed by atoms with Crippen molar-refractivity contribution in [2.24, 2.45) is 0 Å². The molecule has 0 saturated carbocycles. The van der Waals surface area contributed by atoms with Crippen molar-refractivity contribution in [3.8, 4) is 11.4 Å². The van der Waals surface area contributed by atoms with E-state index in [4.69, 9.17) is 0 Å². The summed E-state index contributed by atoms with van der Waals surface area (Å²) in [5.41, 5.74) is 3.41. The molecular weight excluding hydrogens is 941 g/mol. The Morgan fingerprint density at radius 2 is 1.05 bits per heavy atom. The number of rotatable bonds is 10.